The molecule has 0 saturated carbocycles. The Kier molecular flexibility index (Phi) is 5.58. The third-order valence-electron chi connectivity index (χ3n) is 3.68. The summed E-state index contributed by atoms with van der Waals surface area (Å²) < 4.78 is 0. The lowest BCUT2D eigenvalue weighted by Crippen LogP contribution is -2.43. The smallest absolute Gasteiger partial charge is 0.319 e. The van der Waals surface area contributed by atoms with E-state index < -0.39 is 5.54 Å². The number of anilines is 1. The zero-order valence-corrected chi connectivity index (χ0v) is 15.4. The second-order valence-corrected chi connectivity index (χ2v) is 7.01. The van der Waals surface area contributed by atoms with Crippen molar-refractivity contribution in [2.45, 2.75) is 26.3 Å². The second-order valence-electron chi connectivity index (χ2n) is 6.19. The average Bonchev–Trinajstić information content (AvgIpc) is 2.50. The number of carbonyl (C=O) groups excluding carboxylic acids is 1. The van der Waals surface area contributed by atoms with Gasteiger partial charge in [-0.3, -0.25) is 0 Å². The van der Waals surface area contributed by atoms with Crippen LogP contribution in [0.15, 0.2) is 49.0 Å². The van der Waals surface area contributed by atoms with Gasteiger partial charge in [0.15, 0.2) is 0 Å². The average molecular weight is 363 g/mol. The van der Waals surface area contributed by atoms with E-state index in [1.54, 1.807) is 18.2 Å². The number of rotatable bonds is 4. The summed E-state index contributed by atoms with van der Waals surface area (Å²) in [6.45, 7) is 9.80. The highest BCUT2D eigenvalue weighted by molar-refractivity contribution is 6.42. The first-order valence-corrected chi connectivity index (χ1v) is 8.25. The van der Waals surface area contributed by atoms with Gasteiger partial charge in [-0.15, -0.1) is 0 Å². The van der Waals surface area contributed by atoms with E-state index in [1.165, 1.54) is 0 Å². The Labute approximate surface area is 152 Å². The van der Waals surface area contributed by atoms with Crippen molar-refractivity contribution in [3.63, 3.8) is 0 Å². The van der Waals surface area contributed by atoms with Crippen molar-refractivity contribution in [3.8, 4) is 0 Å². The van der Waals surface area contributed by atoms with Gasteiger partial charge in [0.1, 0.15) is 0 Å². The van der Waals surface area contributed by atoms with E-state index in [0.717, 1.165) is 16.7 Å². The Balaban J connectivity index is 2.13. The monoisotopic (exact) mass is 362 g/mol. The van der Waals surface area contributed by atoms with Crippen molar-refractivity contribution in [3.05, 3.63) is 70.2 Å². The first-order chi connectivity index (χ1) is 11.2. The molecule has 24 heavy (non-hydrogen) atoms. The Morgan fingerprint density at radius 3 is 2.42 bits per heavy atom. The molecule has 0 unspecified atom stereocenters. The van der Waals surface area contributed by atoms with Crippen LogP contribution in [0.5, 0.6) is 0 Å². The lowest BCUT2D eigenvalue weighted by molar-refractivity contribution is 0.242. The SMILES string of the molecule is C=C(C)c1cccc(C(C)(C)NC(=O)Nc2ccc(Cl)c(Cl)c2)c1. The molecule has 2 amide bonds. The van der Waals surface area contributed by atoms with Crippen molar-refractivity contribution in [1.29, 1.82) is 0 Å². The minimum atomic E-state index is -0.550. The van der Waals surface area contributed by atoms with Gasteiger partial charge >= 0.3 is 6.03 Å². The van der Waals surface area contributed by atoms with Crippen LogP contribution in [0, 0.1) is 0 Å². The first kappa shape index (κ1) is 18.4. The van der Waals surface area contributed by atoms with Crippen LogP contribution in [-0.4, -0.2) is 6.03 Å². The van der Waals surface area contributed by atoms with E-state index in [1.807, 2.05) is 45.0 Å². The lowest BCUT2D eigenvalue weighted by Gasteiger charge is -2.27. The summed E-state index contributed by atoms with van der Waals surface area (Å²) in [5.74, 6) is 0. The zero-order valence-electron chi connectivity index (χ0n) is 13.9. The predicted molar refractivity (Wildman–Crippen MR) is 103 cm³/mol. The third kappa shape index (κ3) is 4.53. The van der Waals surface area contributed by atoms with Gasteiger partial charge in [0.2, 0.25) is 0 Å². The highest BCUT2D eigenvalue weighted by atomic mass is 35.5. The largest absolute Gasteiger partial charge is 0.329 e. The van der Waals surface area contributed by atoms with E-state index in [9.17, 15) is 4.79 Å². The molecule has 0 bridgehead atoms. The molecule has 5 heteroatoms. The molecule has 126 valence electrons. The van der Waals surface area contributed by atoms with Gasteiger partial charge in [0, 0.05) is 5.69 Å². The van der Waals surface area contributed by atoms with Gasteiger partial charge < -0.3 is 10.6 Å². The number of amides is 2. The molecule has 2 aromatic carbocycles. The standard InChI is InChI=1S/C19H20Cl2N2O/c1-12(2)13-6-5-7-14(10-13)19(3,4)23-18(24)22-15-8-9-16(20)17(21)11-15/h5-11H,1H2,2-4H3,(H2,22,23,24). The molecule has 0 fully saturated rings. The Morgan fingerprint density at radius 2 is 1.79 bits per heavy atom. The number of urea groups is 1. The summed E-state index contributed by atoms with van der Waals surface area (Å²) in [6, 6.07) is 12.6. The number of halogens is 2. The molecule has 2 aromatic rings. The Morgan fingerprint density at radius 1 is 1.08 bits per heavy atom. The fourth-order valence-corrected chi connectivity index (χ4v) is 2.56. The number of nitrogens with one attached hydrogen (secondary N) is 2. The van der Waals surface area contributed by atoms with E-state index in [4.69, 9.17) is 23.2 Å². The van der Waals surface area contributed by atoms with Crippen LogP contribution in [0.1, 0.15) is 31.9 Å². The van der Waals surface area contributed by atoms with Crippen LogP contribution in [0.25, 0.3) is 5.57 Å². The summed E-state index contributed by atoms with van der Waals surface area (Å²) in [5.41, 5.74) is 3.05. The van der Waals surface area contributed by atoms with Crippen molar-refractivity contribution < 1.29 is 4.79 Å². The Bertz CT molecular complexity index is 785. The van der Waals surface area contributed by atoms with Gasteiger partial charge in [-0.05, 0) is 56.2 Å². The van der Waals surface area contributed by atoms with Crippen molar-refractivity contribution in [2.75, 3.05) is 5.32 Å². The van der Waals surface area contributed by atoms with E-state index in [0.29, 0.717) is 15.7 Å². The molecule has 3 nitrogen and oxygen atoms in total. The van der Waals surface area contributed by atoms with Crippen LogP contribution < -0.4 is 10.6 Å². The van der Waals surface area contributed by atoms with Gasteiger partial charge in [0.25, 0.3) is 0 Å². The molecular formula is C19H20Cl2N2O. The first-order valence-electron chi connectivity index (χ1n) is 7.50. The molecule has 0 heterocycles. The van der Waals surface area contributed by atoms with E-state index in [2.05, 4.69) is 17.2 Å². The van der Waals surface area contributed by atoms with Gasteiger partial charge in [-0.2, -0.15) is 0 Å². The van der Waals surface area contributed by atoms with Crippen molar-refractivity contribution in [2.24, 2.45) is 0 Å². The zero-order chi connectivity index (χ0) is 17.9. The summed E-state index contributed by atoms with van der Waals surface area (Å²) >= 11 is 11.8. The number of carbonyl (C=O) groups is 1. The predicted octanol–water partition coefficient (Wildman–Crippen LogP) is 6.08. The number of hydrogen-bond donors (Lipinski definition) is 2. The Hall–Kier alpha value is -1.97. The molecule has 0 spiro atoms. The highest BCUT2D eigenvalue weighted by Gasteiger charge is 2.23. The van der Waals surface area contributed by atoms with Crippen molar-refractivity contribution >= 4 is 40.5 Å². The maximum atomic E-state index is 12.3. The third-order valence-corrected chi connectivity index (χ3v) is 4.42. The molecule has 0 aliphatic heterocycles. The highest BCUT2D eigenvalue weighted by Crippen LogP contribution is 2.26. The minimum Gasteiger partial charge on any atom is -0.329 e. The molecule has 0 aliphatic rings. The lowest BCUT2D eigenvalue weighted by atomic mass is 9.92. The van der Waals surface area contributed by atoms with Crippen LogP contribution in [0.2, 0.25) is 10.0 Å². The number of allylic oxidation sites excluding steroid dienone is 1. The summed E-state index contributed by atoms with van der Waals surface area (Å²) in [4.78, 5) is 12.3. The minimum absolute atomic E-state index is 0.320. The maximum Gasteiger partial charge on any atom is 0.319 e. The molecule has 0 saturated heterocycles. The summed E-state index contributed by atoms with van der Waals surface area (Å²) in [6.07, 6.45) is 0. The molecule has 0 radical (unpaired) electrons. The molecule has 0 aromatic heterocycles. The van der Waals surface area contributed by atoms with Crippen LogP contribution in [0.3, 0.4) is 0 Å². The number of hydrogen-bond acceptors (Lipinski definition) is 1. The van der Waals surface area contributed by atoms with Crippen LogP contribution in [-0.2, 0) is 5.54 Å². The van der Waals surface area contributed by atoms with Crippen molar-refractivity contribution in [1.82, 2.24) is 5.32 Å². The van der Waals surface area contributed by atoms with Gasteiger partial charge in [0.05, 0.1) is 15.6 Å². The molecular weight excluding hydrogens is 343 g/mol. The summed E-state index contributed by atoms with van der Waals surface area (Å²) in [5, 5.41) is 6.56. The normalized spacial score (nSPS) is 11.0. The number of benzene rings is 2. The fraction of sp³-hybridized carbons (Fsp3) is 0.211. The topological polar surface area (TPSA) is 41.1 Å². The molecule has 0 aliphatic carbocycles. The fourth-order valence-electron chi connectivity index (χ4n) is 2.27. The second kappa shape index (κ2) is 7.29. The molecule has 2 rings (SSSR count). The maximum absolute atomic E-state index is 12.3. The molecule has 2 N–H and O–H groups in total. The summed E-state index contributed by atoms with van der Waals surface area (Å²) in [7, 11) is 0. The molecule has 0 atom stereocenters. The van der Waals surface area contributed by atoms with Crippen LogP contribution >= 0.6 is 23.2 Å². The van der Waals surface area contributed by atoms with Gasteiger partial charge in [-0.1, -0.05) is 53.6 Å². The van der Waals surface area contributed by atoms with Crippen LogP contribution in [0.4, 0.5) is 10.5 Å². The van der Waals surface area contributed by atoms with Gasteiger partial charge in [-0.25, -0.2) is 4.79 Å². The van der Waals surface area contributed by atoms with E-state index >= 15 is 0 Å². The van der Waals surface area contributed by atoms with E-state index in [-0.39, 0.29) is 6.03 Å². The quantitative estimate of drug-likeness (QED) is 0.679.